The van der Waals surface area contributed by atoms with Gasteiger partial charge < -0.3 is 24.8 Å². The van der Waals surface area contributed by atoms with Crippen molar-refractivity contribution in [3.8, 4) is 17.2 Å². The van der Waals surface area contributed by atoms with Gasteiger partial charge in [-0.2, -0.15) is 0 Å². The summed E-state index contributed by atoms with van der Waals surface area (Å²) in [5, 5.41) is 28.9. The van der Waals surface area contributed by atoms with E-state index in [2.05, 4.69) is 0 Å². The second-order valence-electron chi connectivity index (χ2n) is 9.04. The first-order valence-electron chi connectivity index (χ1n) is 12.1. The molecule has 0 heterocycles. The Bertz CT molecular complexity index is 1310. The maximum Gasteiger partial charge on any atom is 0.335 e. The maximum absolute atomic E-state index is 13.2. The molecule has 1 aliphatic carbocycles. The van der Waals surface area contributed by atoms with Gasteiger partial charge >= 0.3 is 11.9 Å². The predicted molar refractivity (Wildman–Crippen MR) is 135 cm³/mol. The first-order valence-corrected chi connectivity index (χ1v) is 12.1. The number of rotatable bonds is 11. The van der Waals surface area contributed by atoms with Crippen molar-refractivity contribution < 1.29 is 39.2 Å². The third-order valence-corrected chi connectivity index (χ3v) is 6.32. The molecule has 3 N–H and O–H groups in total. The Labute approximate surface area is 214 Å². The number of hydrogen-bond acceptors (Lipinski definition) is 6. The van der Waals surface area contributed by atoms with E-state index in [1.165, 1.54) is 24.3 Å². The number of phenolic OH excluding ortho intramolecular Hbond substituents is 1. The van der Waals surface area contributed by atoms with Crippen molar-refractivity contribution in [2.24, 2.45) is 0 Å². The van der Waals surface area contributed by atoms with Gasteiger partial charge in [0.15, 0.2) is 5.78 Å². The molecule has 0 amide bonds. The zero-order chi connectivity index (χ0) is 26.4. The summed E-state index contributed by atoms with van der Waals surface area (Å²) in [4.78, 5) is 35.6. The molecule has 0 spiro atoms. The SMILES string of the molecule is O=C(O)CCc1cc(C(=O)c2ccc(OC3CCCC3)cc2O)ccc1OCc1cccc(C(=O)O)c1. The van der Waals surface area contributed by atoms with E-state index >= 15 is 0 Å². The van der Waals surface area contributed by atoms with E-state index in [9.17, 15) is 24.6 Å². The van der Waals surface area contributed by atoms with Crippen molar-refractivity contribution in [2.75, 3.05) is 0 Å². The smallest absolute Gasteiger partial charge is 0.335 e. The number of ketones is 1. The van der Waals surface area contributed by atoms with E-state index in [0.717, 1.165) is 25.7 Å². The Morgan fingerprint density at radius 3 is 2.38 bits per heavy atom. The van der Waals surface area contributed by atoms with Gasteiger partial charge in [-0.05, 0) is 85.7 Å². The van der Waals surface area contributed by atoms with Crippen molar-refractivity contribution in [3.63, 3.8) is 0 Å². The highest BCUT2D eigenvalue weighted by Gasteiger charge is 2.20. The average Bonchev–Trinajstić information content (AvgIpc) is 3.39. The van der Waals surface area contributed by atoms with Gasteiger partial charge in [0.1, 0.15) is 23.9 Å². The van der Waals surface area contributed by atoms with Crippen LogP contribution in [0.15, 0.2) is 60.7 Å². The molecule has 0 bridgehead atoms. The zero-order valence-electron chi connectivity index (χ0n) is 20.2. The summed E-state index contributed by atoms with van der Waals surface area (Å²) in [7, 11) is 0. The molecule has 0 aliphatic heterocycles. The molecule has 0 atom stereocenters. The van der Waals surface area contributed by atoms with Gasteiger partial charge in [0.25, 0.3) is 0 Å². The lowest BCUT2D eigenvalue weighted by molar-refractivity contribution is -0.136. The molecule has 0 saturated heterocycles. The summed E-state index contributed by atoms with van der Waals surface area (Å²) >= 11 is 0. The lowest BCUT2D eigenvalue weighted by Gasteiger charge is -2.15. The van der Waals surface area contributed by atoms with Crippen molar-refractivity contribution in [1.29, 1.82) is 0 Å². The van der Waals surface area contributed by atoms with Crippen LogP contribution in [0.3, 0.4) is 0 Å². The molecule has 37 heavy (non-hydrogen) atoms. The number of aromatic hydroxyl groups is 1. The van der Waals surface area contributed by atoms with Crippen LogP contribution in [-0.2, 0) is 17.8 Å². The van der Waals surface area contributed by atoms with E-state index in [1.807, 2.05) is 0 Å². The Balaban J connectivity index is 1.53. The molecular formula is C29H28O8. The molecule has 4 rings (SSSR count). The minimum Gasteiger partial charge on any atom is -0.507 e. The molecule has 1 saturated carbocycles. The lowest BCUT2D eigenvalue weighted by Crippen LogP contribution is -2.11. The summed E-state index contributed by atoms with van der Waals surface area (Å²) < 4.78 is 11.8. The number of carbonyl (C=O) groups is 3. The number of aliphatic carboxylic acids is 1. The minimum atomic E-state index is -1.05. The van der Waals surface area contributed by atoms with Crippen molar-refractivity contribution >= 4 is 17.7 Å². The molecule has 8 heteroatoms. The highest BCUT2D eigenvalue weighted by molar-refractivity contribution is 6.11. The first-order chi connectivity index (χ1) is 17.8. The van der Waals surface area contributed by atoms with Gasteiger partial charge in [0, 0.05) is 18.1 Å². The van der Waals surface area contributed by atoms with E-state index in [1.54, 1.807) is 36.4 Å². The van der Waals surface area contributed by atoms with Crippen LogP contribution in [0.4, 0.5) is 0 Å². The molecule has 0 aromatic heterocycles. The number of benzene rings is 3. The highest BCUT2D eigenvalue weighted by Crippen LogP contribution is 2.31. The Hall–Kier alpha value is -4.33. The van der Waals surface area contributed by atoms with Gasteiger partial charge in [-0.3, -0.25) is 9.59 Å². The maximum atomic E-state index is 13.2. The molecule has 0 radical (unpaired) electrons. The summed E-state index contributed by atoms with van der Waals surface area (Å²) in [5.74, 6) is -1.74. The number of carboxylic acids is 2. The van der Waals surface area contributed by atoms with Crippen LogP contribution >= 0.6 is 0 Å². The molecule has 8 nitrogen and oxygen atoms in total. The number of carbonyl (C=O) groups excluding carboxylic acids is 1. The second kappa shape index (κ2) is 11.6. The fourth-order valence-electron chi connectivity index (χ4n) is 4.38. The molecule has 1 aliphatic rings. The quantitative estimate of drug-likeness (QED) is 0.302. The first kappa shape index (κ1) is 25.8. The summed E-state index contributed by atoms with van der Waals surface area (Å²) in [6.45, 7) is 0.0672. The van der Waals surface area contributed by atoms with Crippen LogP contribution in [0.1, 0.15) is 69.5 Å². The monoisotopic (exact) mass is 504 g/mol. The van der Waals surface area contributed by atoms with Gasteiger partial charge in [-0.15, -0.1) is 0 Å². The Morgan fingerprint density at radius 2 is 1.68 bits per heavy atom. The zero-order valence-corrected chi connectivity index (χ0v) is 20.2. The fraction of sp³-hybridized carbons (Fsp3) is 0.276. The van der Waals surface area contributed by atoms with Crippen LogP contribution in [0.25, 0.3) is 0 Å². The summed E-state index contributed by atoms with van der Waals surface area (Å²) in [6.07, 6.45) is 4.26. The average molecular weight is 505 g/mol. The van der Waals surface area contributed by atoms with Crippen LogP contribution < -0.4 is 9.47 Å². The molecule has 3 aromatic carbocycles. The van der Waals surface area contributed by atoms with Gasteiger partial charge in [0.05, 0.1) is 17.2 Å². The normalized spacial score (nSPS) is 13.3. The topological polar surface area (TPSA) is 130 Å². The van der Waals surface area contributed by atoms with E-state index < -0.39 is 17.7 Å². The van der Waals surface area contributed by atoms with Gasteiger partial charge in [-0.1, -0.05) is 12.1 Å². The largest absolute Gasteiger partial charge is 0.507 e. The summed E-state index contributed by atoms with van der Waals surface area (Å²) in [5.41, 5.74) is 1.67. The molecule has 0 unspecified atom stereocenters. The predicted octanol–water partition coefficient (Wildman–Crippen LogP) is 5.24. The molecule has 1 fully saturated rings. The number of aryl methyl sites for hydroxylation is 1. The van der Waals surface area contributed by atoms with Crippen LogP contribution in [-0.4, -0.2) is 39.1 Å². The second-order valence-corrected chi connectivity index (χ2v) is 9.04. The molecule has 192 valence electrons. The van der Waals surface area contributed by atoms with Crippen LogP contribution in [0, 0.1) is 0 Å². The minimum absolute atomic E-state index is 0.0672. The molecular weight excluding hydrogens is 476 g/mol. The number of phenols is 1. The third-order valence-electron chi connectivity index (χ3n) is 6.32. The number of hydrogen-bond donors (Lipinski definition) is 3. The van der Waals surface area contributed by atoms with Crippen molar-refractivity contribution in [2.45, 2.75) is 51.2 Å². The Morgan fingerprint density at radius 1 is 0.892 bits per heavy atom. The number of carboxylic acid groups (broad SMARTS) is 2. The number of aromatic carboxylic acids is 1. The number of ether oxygens (including phenoxy) is 2. The standard InChI is InChI=1S/C29H28O8/c30-25-16-23(37-22-6-1-2-7-22)10-11-24(25)28(33)20-8-12-26(19(15-20)9-13-27(31)32)36-17-18-4-3-5-21(14-18)29(34)35/h3-5,8,10-12,14-16,22,30H,1-2,6-7,9,13,17H2,(H,31,32)(H,34,35). The molecule has 3 aromatic rings. The van der Waals surface area contributed by atoms with Crippen LogP contribution in [0.2, 0.25) is 0 Å². The summed E-state index contributed by atoms with van der Waals surface area (Å²) in [6, 6.07) is 15.7. The third kappa shape index (κ3) is 6.67. The van der Waals surface area contributed by atoms with E-state index in [0.29, 0.717) is 22.6 Å². The van der Waals surface area contributed by atoms with Crippen molar-refractivity contribution in [1.82, 2.24) is 0 Å². The van der Waals surface area contributed by atoms with Crippen LogP contribution in [0.5, 0.6) is 17.2 Å². The van der Waals surface area contributed by atoms with Gasteiger partial charge in [-0.25, -0.2) is 4.79 Å². The van der Waals surface area contributed by atoms with E-state index in [-0.39, 0.29) is 48.0 Å². The fourth-order valence-corrected chi connectivity index (χ4v) is 4.38. The highest BCUT2D eigenvalue weighted by atomic mass is 16.5. The lowest BCUT2D eigenvalue weighted by atomic mass is 9.98. The van der Waals surface area contributed by atoms with Crippen molar-refractivity contribution in [3.05, 3.63) is 88.5 Å². The van der Waals surface area contributed by atoms with Gasteiger partial charge in [0.2, 0.25) is 0 Å². The van der Waals surface area contributed by atoms with E-state index in [4.69, 9.17) is 14.6 Å². The Kier molecular flexibility index (Phi) is 8.08.